The molecule has 0 aromatic rings. The Hall–Kier alpha value is -0.610. The third kappa shape index (κ3) is 4.19. The van der Waals surface area contributed by atoms with E-state index in [1.54, 1.807) is 0 Å². The van der Waals surface area contributed by atoms with Crippen molar-refractivity contribution in [2.75, 3.05) is 32.7 Å². The number of rotatable bonds is 5. The minimum atomic E-state index is -0.593. The van der Waals surface area contributed by atoms with Crippen LogP contribution >= 0.6 is 0 Å². The summed E-state index contributed by atoms with van der Waals surface area (Å²) in [5, 5.41) is 9.61. The molecule has 2 rings (SSSR count). The first kappa shape index (κ1) is 15.8. The van der Waals surface area contributed by atoms with E-state index in [4.69, 9.17) is 0 Å². The third-order valence-electron chi connectivity index (χ3n) is 5.03. The summed E-state index contributed by atoms with van der Waals surface area (Å²) in [6.45, 7) is 9.36. The summed E-state index contributed by atoms with van der Waals surface area (Å²) >= 11 is 0. The number of carboxylic acid groups (broad SMARTS) is 1. The van der Waals surface area contributed by atoms with Crippen molar-refractivity contribution in [3.8, 4) is 0 Å². The molecule has 1 N–H and O–H groups in total. The Morgan fingerprint density at radius 1 is 1.15 bits per heavy atom. The summed E-state index contributed by atoms with van der Waals surface area (Å²) in [5.41, 5.74) is 0. The molecule has 2 aliphatic rings. The van der Waals surface area contributed by atoms with E-state index in [9.17, 15) is 9.90 Å². The molecule has 0 aromatic heterocycles. The summed E-state index contributed by atoms with van der Waals surface area (Å²) in [5.74, 6) is -0.445. The van der Waals surface area contributed by atoms with Gasteiger partial charge < -0.3 is 14.9 Å². The van der Waals surface area contributed by atoms with Crippen LogP contribution < -0.4 is 0 Å². The van der Waals surface area contributed by atoms with Crippen LogP contribution in [0.2, 0.25) is 0 Å². The van der Waals surface area contributed by atoms with Crippen molar-refractivity contribution in [2.24, 2.45) is 11.8 Å². The van der Waals surface area contributed by atoms with Gasteiger partial charge >= 0.3 is 5.97 Å². The van der Waals surface area contributed by atoms with Crippen LogP contribution in [-0.2, 0) is 4.79 Å². The molecule has 4 heteroatoms. The largest absolute Gasteiger partial charge is 0.481 e. The topological polar surface area (TPSA) is 43.8 Å². The zero-order valence-electron chi connectivity index (χ0n) is 13.1. The van der Waals surface area contributed by atoms with Crippen LogP contribution in [0, 0.1) is 11.8 Å². The molecule has 0 aliphatic carbocycles. The molecule has 2 fully saturated rings. The van der Waals surface area contributed by atoms with Crippen molar-refractivity contribution >= 4 is 5.97 Å². The molecule has 2 saturated heterocycles. The second-order valence-electron chi connectivity index (χ2n) is 6.80. The molecule has 4 nitrogen and oxygen atoms in total. The molecule has 0 radical (unpaired) electrons. The second kappa shape index (κ2) is 7.41. The highest BCUT2D eigenvalue weighted by Crippen LogP contribution is 2.27. The Balaban J connectivity index is 1.91. The Kier molecular flexibility index (Phi) is 5.85. The molecule has 0 spiro atoms. The fourth-order valence-corrected chi connectivity index (χ4v) is 3.64. The first-order valence-corrected chi connectivity index (χ1v) is 8.27. The zero-order chi connectivity index (χ0) is 14.5. The van der Waals surface area contributed by atoms with E-state index in [0.29, 0.717) is 12.0 Å². The maximum absolute atomic E-state index is 11.7. The van der Waals surface area contributed by atoms with E-state index in [1.807, 2.05) is 0 Å². The lowest BCUT2D eigenvalue weighted by molar-refractivity contribution is -0.144. The molecule has 116 valence electrons. The van der Waals surface area contributed by atoms with E-state index in [-0.39, 0.29) is 5.92 Å². The Morgan fingerprint density at radius 2 is 1.80 bits per heavy atom. The average Bonchev–Trinajstić information content (AvgIpc) is 2.74. The van der Waals surface area contributed by atoms with Crippen molar-refractivity contribution < 1.29 is 9.90 Å². The first-order chi connectivity index (χ1) is 9.58. The maximum Gasteiger partial charge on any atom is 0.308 e. The number of carbonyl (C=O) groups is 1. The van der Waals surface area contributed by atoms with Crippen LogP contribution in [0.25, 0.3) is 0 Å². The summed E-state index contributed by atoms with van der Waals surface area (Å²) in [6, 6.07) is 0.535. The van der Waals surface area contributed by atoms with E-state index >= 15 is 0 Å². The summed E-state index contributed by atoms with van der Waals surface area (Å²) in [4.78, 5) is 16.5. The Bertz CT molecular complexity index is 312. The number of likely N-dealkylation sites (tertiary alicyclic amines) is 2. The molecular formula is C16H30N2O2. The summed E-state index contributed by atoms with van der Waals surface area (Å²) in [6.07, 6.45) is 6.12. The number of hydrogen-bond acceptors (Lipinski definition) is 3. The van der Waals surface area contributed by atoms with Crippen molar-refractivity contribution in [3.63, 3.8) is 0 Å². The van der Waals surface area contributed by atoms with Gasteiger partial charge in [-0.05, 0) is 58.7 Å². The SMILES string of the molecule is CC(C)N1CCC(C(CN2CCCCCC2)C(=O)O)C1. The standard InChI is InChI=1S/C16H30N2O2/c1-13(2)18-10-7-14(11-18)15(16(19)20)12-17-8-5-3-4-6-9-17/h13-15H,3-12H2,1-2H3,(H,19,20). The minimum absolute atomic E-state index is 0.183. The van der Waals surface area contributed by atoms with Gasteiger partial charge in [-0.2, -0.15) is 0 Å². The van der Waals surface area contributed by atoms with Gasteiger partial charge in [0.15, 0.2) is 0 Å². The highest BCUT2D eigenvalue weighted by molar-refractivity contribution is 5.70. The van der Waals surface area contributed by atoms with Gasteiger partial charge in [-0.25, -0.2) is 0 Å². The molecule has 0 aromatic carbocycles. The van der Waals surface area contributed by atoms with E-state index in [1.165, 1.54) is 25.7 Å². The monoisotopic (exact) mass is 282 g/mol. The molecule has 0 bridgehead atoms. The quantitative estimate of drug-likeness (QED) is 0.840. The lowest BCUT2D eigenvalue weighted by Crippen LogP contribution is -2.39. The number of aliphatic carboxylic acids is 1. The molecule has 2 unspecified atom stereocenters. The number of nitrogens with zero attached hydrogens (tertiary/aromatic N) is 2. The second-order valence-corrected chi connectivity index (χ2v) is 6.80. The molecule has 0 amide bonds. The van der Waals surface area contributed by atoms with Gasteiger partial charge in [0.05, 0.1) is 5.92 Å². The molecule has 2 atom stereocenters. The van der Waals surface area contributed by atoms with Gasteiger partial charge in [-0.1, -0.05) is 12.8 Å². The third-order valence-corrected chi connectivity index (χ3v) is 5.03. The molecule has 0 saturated carbocycles. The van der Waals surface area contributed by atoms with Crippen LogP contribution in [0.3, 0.4) is 0 Å². The van der Waals surface area contributed by atoms with E-state index in [2.05, 4.69) is 23.6 Å². The molecule has 20 heavy (non-hydrogen) atoms. The van der Waals surface area contributed by atoms with Crippen LogP contribution in [0.15, 0.2) is 0 Å². The molecule has 2 heterocycles. The zero-order valence-corrected chi connectivity index (χ0v) is 13.1. The van der Waals surface area contributed by atoms with Gasteiger partial charge in [0, 0.05) is 19.1 Å². The van der Waals surface area contributed by atoms with Gasteiger partial charge in [-0.3, -0.25) is 4.79 Å². The highest BCUT2D eigenvalue weighted by atomic mass is 16.4. The average molecular weight is 282 g/mol. The van der Waals surface area contributed by atoms with Gasteiger partial charge in [0.25, 0.3) is 0 Å². The van der Waals surface area contributed by atoms with Crippen molar-refractivity contribution in [1.29, 1.82) is 0 Å². The smallest absolute Gasteiger partial charge is 0.308 e. The predicted molar refractivity (Wildman–Crippen MR) is 80.8 cm³/mol. The van der Waals surface area contributed by atoms with Crippen molar-refractivity contribution in [3.05, 3.63) is 0 Å². The fraction of sp³-hybridized carbons (Fsp3) is 0.938. The fourth-order valence-electron chi connectivity index (χ4n) is 3.64. The maximum atomic E-state index is 11.7. The lowest BCUT2D eigenvalue weighted by Gasteiger charge is -2.28. The van der Waals surface area contributed by atoms with Crippen molar-refractivity contribution in [2.45, 2.75) is 52.0 Å². The lowest BCUT2D eigenvalue weighted by atomic mass is 9.91. The molecular weight excluding hydrogens is 252 g/mol. The highest BCUT2D eigenvalue weighted by Gasteiger charge is 2.35. The number of carboxylic acids is 1. The van der Waals surface area contributed by atoms with Crippen LogP contribution in [0.5, 0.6) is 0 Å². The van der Waals surface area contributed by atoms with Gasteiger partial charge in [-0.15, -0.1) is 0 Å². The van der Waals surface area contributed by atoms with E-state index in [0.717, 1.165) is 39.1 Å². The summed E-state index contributed by atoms with van der Waals surface area (Å²) < 4.78 is 0. The van der Waals surface area contributed by atoms with Crippen LogP contribution in [-0.4, -0.2) is 59.6 Å². The van der Waals surface area contributed by atoms with Crippen LogP contribution in [0.4, 0.5) is 0 Å². The normalized spacial score (nSPS) is 27.6. The minimum Gasteiger partial charge on any atom is -0.481 e. The van der Waals surface area contributed by atoms with Crippen molar-refractivity contribution in [1.82, 2.24) is 9.80 Å². The summed E-state index contributed by atoms with van der Waals surface area (Å²) in [7, 11) is 0. The Morgan fingerprint density at radius 3 is 2.30 bits per heavy atom. The predicted octanol–water partition coefficient (Wildman–Crippen LogP) is 2.29. The first-order valence-electron chi connectivity index (χ1n) is 8.27. The van der Waals surface area contributed by atoms with Crippen LogP contribution in [0.1, 0.15) is 46.0 Å². The van der Waals surface area contributed by atoms with E-state index < -0.39 is 5.97 Å². The van der Waals surface area contributed by atoms with Gasteiger partial charge in [0.2, 0.25) is 0 Å². The number of hydrogen-bond donors (Lipinski definition) is 1. The molecule has 2 aliphatic heterocycles. The Labute approximate surface area is 123 Å². The van der Waals surface area contributed by atoms with Gasteiger partial charge in [0.1, 0.15) is 0 Å².